The van der Waals surface area contributed by atoms with Crippen LogP contribution >= 0.6 is 0 Å². The van der Waals surface area contributed by atoms with Gasteiger partial charge in [-0.2, -0.15) is 0 Å². The van der Waals surface area contributed by atoms with Crippen LogP contribution in [0.15, 0.2) is 72.8 Å². The molecule has 190 valence electrons. The summed E-state index contributed by atoms with van der Waals surface area (Å²) in [5.41, 5.74) is 3.36. The third-order valence-electron chi connectivity index (χ3n) is 6.39. The Labute approximate surface area is 210 Å². The summed E-state index contributed by atoms with van der Waals surface area (Å²) in [7, 11) is -1.33. The Morgan fingerprint density at radius 3 is 1.94 bits per heavy atom. The van der Waals surface area contributed by atoms with Crippen molar-refractivity contribution in [1.82, 2.24) is 4.90 Å². The zero-order valence-electron chi connectivity index (χ0n) is 19.6. The van der Waals surface area contributed by atoms with Gasteiger partial charge in [0.05, 0.1) is 7.11 Å². The summed E-state index contributed by atoms with van der Waals surface area (Å²) in [6, 6.07) is 20.1. The molecule has 0 bridgehead atoms. The number of aliphatic carboxylic acids is 1. The van der Waals surface area contributed by atoms with Crippen LogP contribution in [0.3, 0.4) is 0 Å². The van der Waals surface area contributed by atoms with Crippen molar-refractivity contribution in [1.29, 1.82) is 0 Å². The second-order valence-corrected chi connectivity index (χ2v) is 9.42. The van der Waals surface area contributed by atoms with Crippen LogP contribution in [-0.4, -0.2) is 60.2 Å². The van der Waals surface area contributed by atoms with E-state index in [9.17, 15) is 28.5 Å². The average Bonchev–Trinajstić information content (AvgIpc) is 3.13. The first kappa shape index (κ1) is 25.6. The first-order chi connectivity index (χ1) is 17.3. The van der Waals surface area contributed by atoms with E-state index in [-0.39, 0.29) is 13.0 Å². The number of hydrogen-bond donors (Lipinski definition) is 4. The molecule has 1 aliphatic rings. The second-order valence-electron chi connectivity index (χ2n) is 8.48. The predicted molar refractivity (Wildman–Crippen MR) is 135 cm³/mol. The Kier molecular flexibility index (Phi) is 7.90. The fourth-order valence-electron chi connectivity index (χ4n) is 4.51. The van der Waals surface area contributed by atoms with E-state index in [0.29, 0.717) is 16.8 Å². The molecule has 10 heteroatoms. The number of aliphatic hydroxyl groups is 2. The standard InChI is InChI=1S/C26H28N2O7S/c1-35-20-12-8-18(9-13-20)17-6-10-19(11-7-17)28(16-36(33)34)23(26(31)32)14-15-27-24(29)21-4-2-3-5-22(21)25(27)30/h2-13,23-25,29-30,36H,14-16H2,1H3,(H,31,32). The smallest absolute Gasteiger partial charge is 0.326 e. The molecular formula is C26H28N2O7S. The fraction of sp³-hybridized carbons (Fsp3) is 0.269. The van der Waals surface area contributed by atoms with Gasteiger partial charge < -0.3 is 25.0 Å². The summed E-state index contributed by atoms with van der Waals surface area (Å²) in [5, 5.41) is 31.3. The molecule has 9 nitrogen and oxygen atoms in total. The van der Waals surface area contributed by atoms with Crippen molar-refractivity contribution in [2.24, 2.45) is 0 Å². The number of ether oxygens (including phenoxy) is 1. The number of methoxy groups -OCH3 is 1. The Bertz CT molecular complexity index is 1240. The summed E-state index contributed by atoms with van der Waals surface area (Å²) >= 11 is 0. The molecule has 36 heavy (non-hydrogen) atoms. The minimum Gasteiger partial charge on any atom is -0.497 e. The molecular weight excluding hydrogens is 484 g/mol. The SMILES string of the molecule is COc1ccc(-c2ccc(N(C[SH](=O)=O)C(CCN3C(O)c4ccccc4C3O)C(=O)O)cc2)cc1. The highest BCUT2D eigenvalue weighted by Gasteiger charge is 2.37. The van der Waals surface area contributed by atoms with Gasteiger partial charge in [0.15, 0.2) is 10.7 Å². The molecule has 0 amide bonds. The van der Waals surface area contributed by atoms with Crippen LogP contribution in [0.1, 0.15) is 30.0 Å². The predicted octanol–water partition coefficient (Wildman–Crippen LogP) is 2.58. The molecule has 1 heterocycles. The number of fused-ring (bicyclic) bond motifs is 1. The molecule has 3 aromatic rings. The van der Waals surface area contributed by atoms with Gasteiger partial charge in [0.1, 0.15) is 30.1 Å². The molecule has 0 saturated carbocycles. The Hall–Kier alpha value is -3.44. The summed E-state index contributed by atoms with van der Waals surface area (Å²) in [4.78, 5) is 14.9. The number of rotatable bonds is 10. The number of nitrogens with zero attached hydrogens (tertiary/aromatic N) is 2. The second kappa shape index (κ2) is 11.1. The highest BCUT2D eigenvalue weighted by molar-refractivity contribution is 7.72. The van der Waals surface area contributed by atoms with Gasteiger partial charge in [0.2, 0.25) is 0 Å². The number of benzene rings is 3. The lowest BCUT2D eigenvalue weighted by Gasteiger charge is -2.32. The zero-order chi connectivity index (χ0) is 25.8. The molecule has 0 aromatic heterocycles. The fourth-order valence-corrected chi connectivity index (χ4v) is 5.12. The molecule has 0 saturated heterocycles. The van der Waals surface area contributed by atoms with Crippen molar-refractivity contribution in [2.45, 2.75) is 24.9 Å². The number of anilines is 1. The van der Waals surface area contributed by atoms with E-state index in [1.54, 1.807) is 55.6 Å². The normalized spacial score (nSPS) is 18.1. The van der Waals surface area contributed by atoms with Gasteiger partial charge in [0, 0.05) is 23.4 Å². The molecule has 1 aliphatic heterocycles. The summed E-state index contributed by atoms with van der Waals surface area (Å²) < 4.78 is 28.5. The van der Waals surface area contributed by atoms with Gasteiger partial charge >= 0.3 is 5.97 Å². The van der Waals surface area contributed by atoms with E-state index in [1.165, 1.54) is 9.80 Å². The summed E-state index contributed by atoms with van der Waals surface area (Å²) in [6.07, 6.45) is -2.20. The largest absolute Gasteiger partial charge is 0.497 e. The number of carbonyl (C=O) groups is 1. The molecule has 0 radical (unpaired) electrons. The molecule has 4 rings (SSSR count). The van der Waals surface area contributed by atoms with E-state index in [2.05, 4.69) is 0 Å². The van der Waals surface area contributed by atoms with Gasteiger partial charge in [-0.25, -0.2) is 18.1 Å². The monoisotopic (exact) mass is 512 g/mol. The van der Waals surface area contributed by atoms with E-state index in [4.69, 9.17) is 4.74 Å². The van der Waals surface area contributed by atoms with Crippen molar-refractivity contribution < 1.29 is 33.3 Å². The topological polar surface area (TPSA) is 128 Å². The molecule has 3 N–H and O–H groups in total. The summed E-state index contributed by atoms with van der Waals surface area (Å²) in [6.45, 7) is 0.0318. The molecule has 0 aliphatic carbocycles. The van der Waals surface area contributed by atoms with Gasteiger partial charge in [-0.1, -0.05) is 48.5 Å². The van der Waals surface area contributed by atoms with Crippen molar-refractivity contribution in [2.75, 3.05) is 24.4 Å². The third-order valence-corrected chi connectivity index (χ3v) is 6.93. The van der Waals surface area contributed by atoms with E-state index in [0.717, 1.165) is 16.9 Å². The van der Waals surface area contributed by atoms with Crippen LogP contribution in [0, 0.1) is 0 Å². The third kappa shape index (κ3) is 5.36. The van der Waals surface area contributed by atoms with Crippen molar-refractivity contribution >= 4 is 22.4 Å². The molecule has 0 fully saturated rings. The van der Waals surface area contributed by atoms with Crippen LogP contribution in [-0.2, 0) is 15.5 Å². The average molecular weight is 513 g/mol. The number of hydrogen-bond acceptors (Lipinski definition) is 8. The maximum atomic E-state index is 12.2. The van der Waals surface area contributed by atoms with Gasteiger partial charge in [-0.15, -0.1) is 0 Å². The minimum atomic E-state index is -2.92. The first-order valence-corrected chi connectivity index (χ1v) is 12.7. The molecule has 3 aromatic carbocycles. The first-order valence-electron chi connectivity index (χ1n) is 11.4. The lowest BCUT2D eigenvalue weighted by Crippen LogP contribution is -2.44. The number of carboxylic acids is 1. The van der Waals surface area contributed by atoms with E-state index < -0.39 is 41.0 Å². The molecule has 3 atom stereocenters. The van der Waals surface area contributed by atoms with Crippen molar-refractivity contribution in [3.05, 3.63) is 83.9 Å². The lowest BCUT2D eigenvalue weighted by molar-refractivity contribution is -0.139. The van der Waals surface area contributed by atoms with Gasteiger partial charge in [-0.3, -0.25) is 0 Å². The Morgan fingerprint density at radius 1 is 0.944 bits per heavy atom. The zero-order valence-corrected chi connectivity index (χ0v) is 20.5. The number of carboxylic acid groups (broad SMARTS) is 1. The number of thiol groups is 1. The Balaban J connectivity index is 1.55. The van der Waals surface area contributed by atoms with Gasteiger partial charge in [-0.05, 0) is 41.8 Å². The van der Waals surface area contributed by atoms with E-state index >= 15 is 0 Å². The minimum absolute atomic E-state index is 0.0269. The summed E-state index contributed by atoms with van der Waals surface area (Å²) in [5.74, 6) is -0.965. The highest BCUT2D eigenvalue weighted by Crippen LogP contribution is 2.39. The quantitative estimate of drug-likeness (QED) is 0.303. The van der Waals surface area contributed by atoms with Crippen LogP contribution in [0.25, 0.3) is 11.1 Å². The number of aliphatic hydroxyl groups excluding tert-OH is 2. The van der Waals surface area contributed by atoms with Crippen LogP contribution in [0.4, 0.5) is 5.69 Å². The van der Waals surface area contributed by atoms with Crippen molar-refractivity contribution in [3.63, 3.8) is 0 Å². The van der Waals surface area contributed by atoms with Crippen LogP contribution in [0.2, 0.25) is 0 Å². The van der Waals surface area contributed by atoms with E-state index in [1.807, 2.05) is 24.3 Å². The van der Waals surface area contributed by atoms with Crippen molar-refractivity contribution in [3.8, 4) is 16.9 Å². The highest BCUT2D eigenvalue weighted by atomic mass is 32.2. The maximum Gasteiger partial charge on any atom is 0.326 e. The Morgan fingerprint density at radius 2 is 1.47 bits per heavy atom. The van der Waals surface area contributed by atoms with Crippen LogP contribution in [0.5, 0.6) is 5.75 Å². The maximum absolute atomic E-state index is 12.2. The van der Waals surface area contributed by atoms with Crippen LogP contribution < -0.4 is 9.64 Å². The molecule has 0 spiro atoms. The molecule has 3 unspecified atom stereocenters. The lowest BCUT2D eigenvalue weighted by atomic mass is 10.0. The van der Waals surface area contributed by atoms with Gasteiger partial charge in [0.25, 0.3) is 0 Å².